The van der Waals surface area contributed by atoms with E-state index in [1.54, 1.807) is 30.3 Å². The van der Waals surface area contributed by atoms with Crippen LogP contribution in [0.15, 0.2) is 41.3 Å². The van der Waals surface area contributed by atoms with Crippen LogP contribution in [0.3, 0.4) is 0 Å². The van der Waals surface area contributed by atoms with E-state index in [9.17, 15) is 14.4 Å². The van der Waals surface area contributed by atoms with Gasteiger partial charge < -0.3 is 10.0 Å². The second kappa shape index (κ2) is 10.5. The number of Topliss-reactive ketones (excluding diaryl/α,β-unsaturated/α-hetero) is 1. The van der Waals surface area contributed by atoms with Gasteiger partial charge in [0.05, 0.1) is 18.7 Å². The third-order valence-electron chi connectivity index (χ3n) is 5.24. The molecule has 1 aromatic carbocycles. The van der Waals surface area contributed by atoms with E-state index in [1.165, 1.54) is 10.5 Å². The summed E-state index contributed by atoms with van der Waals surface area (Å²) in [5.41, 5.74) is 1.25. The van der Waals surface area contributed by atoms with Crippen LogP contribution in [0.1, 0.15) is 39.0 Å². The highest BCUT2D eigenvalue weighted by atomic mass is 35.5. The minimum atomic E-state index is -1.01. The summed E-state index contributed by atoms with van der Waals surface area (Å²) in [7, 11) is 1.73. The number of carbonyl (C=O) groups is 2. The second-order valence-electron chi connectivity index (χ2n) is 7.79. The maximum absolute atomic E-state index is 12.9. The number of hydrogen-bond acceptors (Lipinski definition) is 5. The fourth-order valence-electron chi connectivity index (χ4n) is 3.56. The number of hydrogen-bond donors (Lipinski definition) is 1. The Morgan fingerprint density at radius 2 is 1.88 bits per heavy atom. The molecule has 0 radical (unpaired) electrons. The number of aliphatic carboxylic acids is 1. The van der Waals surface area contributed by atoms with Crippen molar-refractivity contribution in [3.63, 3.8) is 0 Å². The minimum absolute atomic E-state index is 0.0153. The van der Waals surface area contributed by atoms with Crippen molar-refractivity contribution in [2.45, 2.75) is 45.6 Å². The summed E-state index contributed by atoms with van der Waals surface area (Å²) in [6.07, 6.45) is 4.40. The van der Waals surface area contributed by atoms with E-state index < -0.39 is 5.97 Å². The first-order valence-electron chi connectivity index (χ1n) is 10.6. The molecule has 2 aromatic heterocycles. The first-order valence-corrected chi connectivity index (χ1v) is 11.0. The molecule has 0 aliphatic heterocycles. The Kier molecular flexibility index (Phi) is 7.69. The highest BCUT2D eigenvalue weighted by molar-refractivity contribution is 6.30. The number of ketones is 1. The molecule has 3 aromatic rings. The van der Waals surface area contributed by atoms with Gasteiger partial charge in [-0.3, -0.25) is 23.4 Å². The quantitative estimate of drug-likeness (QED) is 0.438. The van der Waals surface area contributed by atoms with Gasteiger partial charge in [-0.15, -0.1) is 0 Å². The number of benzene rings is 1. The molecule has 0 atom stereocenters. The van der Waals surface area contributed by atoms with Crippen molar-refractivity contribution in [3.8, 4) is 11.3 Å². The first-order chi connectivity index (χ1) is 15.3. The molecular formula is C23H27ClN4O4. The highest BCUT2D eigenvalue weighted by Gasteiger charge is 2.18. The molecule has 0 saturated carbocycles. The summed E-state index contributed by atoms with van der Waals surface area (Å²) in [5, 5.41) is 9.43. The number of carboxylic acid groups (broad SMARTS) is 1. The lowest BCUT2D eigenvalue weighted by Crippen LogP contribution is -2.31. The largest absolute Gasteiger partial charge is 0.481 e. The molecule has 0 saturated heterocycles. The van der Waals surface area contributed by atoms with E-state index >= 15 is 0 Å². The number of carbonyl (C=O) groups excluding carboxylic acids is 1. The summed E-state index contributed by atoms with van der Waals surface area (Å²) in [4.78, 5) is 42.3. The Balaban J connectivity index is 2.01. The molecule has 1 N–H and O–H groups in total. The van der Waals surface area contributed by atoms with Gasteiger partial charge in [0, 0.05) is 42.9 Å². The summed E-state index contributed by atoms with van der Waals surface area (Å²) in [6.45, 7) is 2.77. The van der Waals surface area contributed by atoms with Gasteiger partial charge in [-0.1, -0.05) is 43.5 Å². The van der Waals surface area contributed by atoms with Crippen LogP contribution in [-0.4, -0.2) is 44.4 Å². The SMILES string of the molecule is CCCCCn1c(N(C)CC(=O)CCC(=O)O)cc(=O)n2cc(-c3ccc(Cl)cc3)nc12. The predicted molar refractivity (Wildman–Crippen MR) is 125 cm³/mol. The van der Waals surface area contributed by atoms with E-state index in [0.717, 1.165) is 24.8 Å². The lowest BCUT2D eigenvalue weighted by Gasteiger charge is -2.23. The fraction of sp³-hybridized carbons (Fsp3) is 0.391. The lowest BCUT2D eigenvalue weighted by atomic mass is 10.2. The Hall–Kier alpha value is -3.13. The van der Waals surface area contributed by atoms with E-state index in [-0.39, 0.29) is 30.7 Å². The van der Waals surface area contributed by atoms with Crippen molar-refractivity contribution in [2.24, 2.45) is 0 Å². The number of halogens is 1. The zero-order valence-corrected chi connectivity index (χ0v) is 19.0. The molecule has 8 nitrogen and oxygen atoms in total. The van der Waals surface area contributed by atoms with Crippen LogP contribution < -0.4 is 10.5 Å². The van der Waals surface area contributed by atoms with Crippen LogP contribution in [0, 0.1) is 0 Å². The topological polar surface area (TPSA) is 96.9 Å². The number of unbranched alkanes of at least 4 members (excludes halogenated alkanes) is 2. The summed E-state index contributed by atoms with van der Waals surface area (Å²) in [6, 6.07) is 8.75. The summed E-state index contributed by atoms with van der Waals surface area (Å²) in [5.74, 6) is -0.132. The van der Waals surface area contributed by atoms with Gasteiger partial charge in [-0.25, -0.2) is 4.98 Å². The van der Waals surface area contributed by atoms with E-state index in [1.807, 2.05) is 16.7 Å². The lowest BCUT2D eigenvalue weighted by molar-refractivity contribution is -0.138. The standard InChI is InChI=1S/C23H27ClN4O4/c1-3-4-5-12-27-20(26(2)14-18(29)10-11-22(31)32)13-21(30)28-15-19(25-23(27)28)16-6-8-17(24)9-7-16/h6-9,13,15H,3-5,10-12,14H2,1-2H3,(H,31,32). The summed E-state index contributed by atoms with van der Waals surface area (Å²) < 4.78 is 3.46. The molecule has 32 heavy (non-hydrogen) atoms. The van der Waals surface area contributed by atoms with E-state index in [0.29, 0.717) is 28.9 Å². The van der Waals surface area contributed by atoms with E-state index in [4.69, 9.17) is 21.7 Å². The van der Waals surface area contributed by atoms with Crippen LogP contribution in [0.25, 0.3) is 17.0 Å². The van der Waals surface area contributed by atoms with Gasteiger partial charge in [0.1, 0.15) is 5.82 Å². The number of rotatable bonds is 11. The molecule has 0 spiro atoms. The van der Waals surface area contributed by atoms with Crippen LogP contribution >= 0.6 is 11.6 Å². The van der Waals surface area contributed by atoms with Crippen molar-refractivity contribution in [1.29, 1.82) is 0 Å². The maximum atomic E-state index is 12.9. The van der Waals surface area contributed by atoms with Crippen LogP contribution in [0.2, 0.25) is 5.02 Å². The average molecular weight is 459 g/mol. The molecular weight excluding hydrogens is 432 g/mol. The molecule has 0 unspecified atom stereocenters. The smallest absolute Gasteiger partial charge is 0.303 e. The first kappa shape index (κ1) is 23.5. The van der Waals surface area contributed by atoms with Crippen LogP contribution in [0.5, 0.6) is 0 Å². The number of aromatic nitrogens is 3. The number of imidazole rings is 1. The molecule has 3 rings (SSSR count). The van der Waals surface area contributed by atoms with Gasteiger partial charge in [-0.05, 0) is 18.6 Å². The average Bonchev–Trinajstić information content (AvgIpc) is 3.20. The van der Waals surface area contributed by atoms with Gasteiger partial charge in [-0.2, -0.15) is 0 Å². The number of fused-ring (bicyclic) bond motifs is 1. The van der Waals surface area contributed by atoms with Crippen LogP contribution in [-0.2, 0) is 16.1 Å². The highest BCUT2D eigenvalue weighted by Crippen LogP contribution is 2.23. The fourth-order valence-corrected chi connectivity index (χ4v) is 3.69. The number of carboxylic acids is 1. The molecule has 9 heteroatoms. The van der Waals surface area contributed by atoms with Gasteiger partial charge >= 0.3 is 5.97 Å². The Bertz CT molecular complexity index is 1170. The number of likely N-dealkylation sites (N-methyl/N-ethyl adjacent to an activating group) is 1. The Labute approximate surface area is 191 Å². The molecule has 0 bridgehead atoms. The monoisotopic (exact) mass is 458 g/mol. The Morgan fingerprint density at radius 3 is 2.53 bits per heavy atom. The Morgan fingerprint density at radius 1 is 1.16 bits per heavy atom. The number of aryl methyl sites for hydroxylation is 1. The zero-order valence-electron chi connectivity index (χ0n) is 18.3. The molecule has 0 aliphatic carbocycles. The van der Waals surface area contributed by atoms with Crippen molar-refractivity contribution in [3.05, 3.63) is 51.9 Å². The molecule has 170 valence electrons. The van der Waals surface area contributed by atoms with Gasteiger partial charge in [0.15, 0.2) is 5.78 Å². The molecule has 0 fully saturated rings. The van der Waals surface area contributed by atoms with Gasteiger partial charge in [0.25, 0.3) is 5.56 Å². The van der Waals surface area contributed by atoms with Crippen molar-refractivity contribution >= 4 is 34.9 Å². The molecule has 0 amide bonds. The molecule has 2 heterocycles. The van der Waals surface area contributed by atoms with E-state index in [2.05, 4.69) is 6.92 Å². The predicted octanol–water partition coefficient (Wildman–Crippen LogP) is 3.88. The summed E-state index contributed by atoms with van der Waals surface area (Å²) >= 11 is 5.99. The van der Waals surface area contributed by atoms with Crippen LogP contribution in [0.4, 0.5) is 5.82 Å². The van der Waals surface area contributed by atoms with Crippen molar-refractivity contribution < 1.29 is 14.7 Å². The zero-order chi connectivity index (χ0) is 23.3. The number of nitrogens with zero attached hydrogens (tertiary/aromatic N) is 4. The molecule has 0 aliphatic rings. The second-order valence-corrected chi connectivity index (χ2v) is 8.23. The van der Waals surface area contributed by atoms with Crippen molar-refractivity contribution in [1.82, 2.24) is 14.0 Å². The normalized spacial score (nSPS) is 11.1. The maximum Gasteiger partial charge on any atom is 0.303 e. The minimum Gasteiger partial charge on any atom is -0.481 e. The van der Waals surface area contributed by atoms with Crippen molar-refractivity contribution in [2.75, 3.05) is 18.5 Å². The third kappa shape index (κ3) is 5.56. The number of anilines is 1. The third-order valence-corrected chi connectivity index (χ3v) is 5.49. The van der Waals surface area contributed by atoms with Gasteiger partial charge in [0.2, 0.25) is 5.78 Å².